The van der Waals surface area contributed by atoms with Gasteiger partial charge in [-0.25, -0.2) is 0 Å². The van der Waals surface area contributed by atoms with Gasteiger partial charge in [-0.3, -0.25) is 9.59 Å². The number of para-hydroxylation sites is 1. The Hall–Kier alpha value is -2.36. The van der Waals surface area contributed by atoms with E-state index in [1.807, 2.05) is 0 Å². The number of anilines is 1. The molecule has 1 aliphatic rings. The van der Waals surface area contributed by atoms with Crippen molar-refractivity contribution in [3.63, 3.8) is 0 Å². The average molecular weight is 213 g/mol. The SMILES string of the molecule is O=C1Nc2c(cccc2-c2ccco2)C1=O. The molecule has 2 heterocycles. The molecule has 1 amide bonds. The van der Waals surface area contributed by atoms with Gasteiger partial charge >= 0.3 is 0 Å². The van der Waals surface area contributed by atoms with Crippen molar-refractivity contribution in [3.05, 3.63) is 42.2 Å². The van der Waals surface area contributed by atoms with Gasteiger partial charge in [-0.05, 0) is 24.3 Å². The molecule has 0 bridgehead atoms. The molecule has 1 aromatic carbocycles. The molecule has 4 heteroatoms. The van der Waals surface area contributed by atoms with E-state index in [1.54, 1.807) is 36.6 Å². The first kappa shape index (κ1) is 8.91. The number of rotatable bonds is 1. The molecule has 0 spiro atoms. The maximum absolute atomic E-state index is 11.5. The largest absolute Gasteiger partial charge is 0.464 e. The Morgan fingerprint density at radius 2 is 1.81 bits per heavy atom. The van der Waals surface area contributed by atoms with E-state index < -0.39 is 11.7 Å². The summed E-state index contributed by atoms with van der Waals surface area (Å²) >= 11 is 0. The molecule has 1 aromatic heterocycles. The minimum Gasteiger partial charge on any atom is -0.464 e. The summed E-state index contributed by atoms with van der Waals surface area (Å²) in [5, 5.41) is 2.56. The highest BCUT2D eigenvalue weighted by Crippen LogP contribution is 2.34. The van der Waals surface area contributed by atoms with Gasteiger partial charge in [-0.1, -0.05) is 6.07 Å². The Morgan fingerprint density at radius 1 is 1.00 bits per heavy atom. The Morgan fingerprint density at radius 3 is 2.56 bits per heavy atom. The molecule has 0 unspecified atom stereocenters. The Labute approximate surface area is 90.9 Å². The number of amides is 1. The van der Waals surface area contributed by atoms with E-state index in [0.717, 1.165) is 5.56 Å². The van der Waals surface area contributed by atoms with Gasteiger partial charge in [0, 0.05) is 5.56 Å². The minimum atomic E-state index is -0.589. The van der Waals surface area contributed by atoms with Crippen molar-refractivity contribution >= 4 is 17.4 Å². The van der Waals surface area contributed by atoms with Crippen LogP contribution in [0.4, 0.5) is 5.69 Å². The second-order valence-electron chi connectivity index (χ2n) is 3.49. The summed E-state index contributed by atoms with van der Waals surface area (Å²) in [4.78, 5) is 22.7. The van der Waals surface area contributed by atoms with Gasteiger partial charge in [0.1, 0.15) is 5.76 Å². The van der Waals surface area contributed by atoms with Crippen LogP contribution >= 0.6 is 0 Å². The van der Waals surface area contributed by atoms with Crippen LogP contribution in [-0.2, 0) is 4.79 Å². The highest BCUT2D eigenvalue weighted by molar-refractivity contribution is 6.52. The predicted octanol–water partition coefficient (Wildman–Crippen LogP) is 2.08. The summed E-state index contributed by atoms with van der Waals surface area (Å²) in [6.07, 6.45) is 1.55. The van der Waals surface area contributed by atoms with Crippen molar-refractivity contribution in [2.45, 2.75) is 0 Å². The zero-order chi connectivity index (χ0) is 11.1. The first-order valence-electron chi connectivity index (χ1n) is 4.80. The van der Waals surface area contributed by atoms with Crippen LogP contribution in [0.25, 0.3) is 11.3 Å². The lowest BCUT2D eigenvalue weighted by Gasteiger charge is -2.03. The van der Waals surface area contributed by atoms with Crippen molar-refractivity contribution in [2.75, 3.05) is 5.32 Å². The highest BCUT2D eigenvalue weighted by Gasteiger charge is 2.30. The van der Waals surface area contributed by atoms with Crippen molar-refractivity contribution in [3.8, 4) is 11.3 Å². The average Bonchev–Trinajstić information content (AvgIpc) is 2.89. The Kier molecular flexibility index (Phi) is 1.71. The molecule has 78 valence electrons. The van der Waals surface area contributed by atoms with Crippen LogP contribution in [0.2, 0.25) is 0 Å². The molecule has 3 rings (SSSR count). The molecular weight excluding hydrogens is 206 g/mol. The Bertz CT molecular complexity index is 584. The molecule has 0 fully saturated rings. The molecule has 1 N–H and O–H groups in total. The molecule has 0 saturated heterocycles. The van der Waals surface area contributed by atoms with Gasteiger partial charge in [-0.2, -0.15) is 0 Å². The lowest BCUT2D eigenvalue weighted by Crippen LogP contribution is -2.12. The second kappa shape index (κ2) is 3.06. The maximum atomic E-state index is 11.5. The fourth-order valence-electron chi connectivity index (χ4n) is 1.81. The van der Waals surface area contributed by atoms with Gasteiger partial charge in [0.15, 0.2) is 0 Å². The minimum absolute atomic E-state index is 0.402. The summed E-state index contributed by atoms with van der Waals surface area (Å²) in [5.41, 5.74) is 1.66. The fraction of sp³-hybridized carbons (Fsp3) is 0. The fourth-order valence-corrected chi connectivity index (χ4v) is 1.81. The number of ketones is 1. The number of furan rings is 1. The van der Waals surface area contributed by atoms with E-state index in [9.17, 15) is 9.59 Å². The standard InChI is InChI=1S/C12H7NO3/c14-11-8-4-1-3-7(9-5-2-6-16-9)10(8)13-12(11)15/h1-6H,(H,13,14,15). The van der Waals surface area contributed by atoms with Crippen LogP contribution in [0.15, 0.2) is 41.0 Å². The zero-order valence-corrected chi connectivity index (χ0v) is 8.19. The number of benzene rings is 1. The van der Waals surface area contributed by atoms with E-state index in [-0.39, 0.29) is 0 Å². The highest BCUT2D eigenvalue weighted by atomic mass is 16.3. The number of Topliss-reactive ketones (excluding diaryl/α,β-unsaturated/α-hetero) is 1. The van der Waals surface area contributed by atoms with Gasteiger partial charge in [0.2, 0.25) is 0 Å². The number of nitrogens with one attached hydrogen (secondary N) is 1. The lowest BCUT2D eigenvalue weighted by molar-refractivity contribution is -0.112. The topological polar surface area (TPSA) is 59.3 Å². The molecule has 0 saturated carbocycles. The molecule has 4 nitrogen and oxygen atoms in total. The number of carbonyl (C=O) groups excluding carboxylic acids is 2. The third-order valence-corrected chi connectivity index (χ3v) is 2.54. The molecular formula is C12H7NO3. The summed E-state index contributed by atoms with van der Waals surface area (Å²) in [7, 11) is 0. The van der Waals surface area contributed by atoms with E-state index in [1.165, 1.54) is 0 Å². The molecule has 0 atom stereocenters. The van der Waals surface area contributed by atoms with Crippen molar-refractivity contribution in [2.24, 2.45) is 0 Å². The first-order valence-corrected chi connectivity index (χ1v) is 4.80. The smallest absolute Gasteiger partial charge is 0.296 e. The summed E-state index contributed by atoms with van der Waals surface area (Å²) in [6, 6.07) is 8.70. The summed E-state index contributed by atoms with van der Waals surface area (Å²) in [6.45, 7) is 0. The third-order valence-electron chi connectivity index (χ3n) is 2.54. The second-order valence-corrected chi connectivity index (χ2v) is 3.49. The predicted molar refractivity (Wildman–Crippen MR) is 57.1 cm³/mol. The molecule has 0 radical (unpaired) electrons. The van der Waals surface area contributed by atoms with E-state index in [4.69, 9.17) is 4.42 Å². The van der Waals surface area contributed by atoms with Crippen LogP contribution in [0.5, 0.6) is 0 Å². The van der Waals surface area contributed by atoms with Crippen LogP contribution in [0.3, 0.4) is 0 Å². The zero-order valence-electron chi connectivity index (χ0n) is 8.19. The van der Waals surface area contributed by atoms with Gasteiger partial charge in [-0.15, -0.1) is 0 Å². The van der Waals surface area contributed by atoms with Crippen LogP contribution in [0, 0.1) is 0 Å². The molecule has 1 aliphatic heterocycles. The van der Waals surface area contributed by atoms with Gasteiger partial charge in [0.05, 0.1) is 17.5 Å². The van der Waals surface area contributed by atoms with E-state index >= 15 is 0 Å². The molecule has 16 heavy (non-hydrogen) atoms. The van der Waals surface area contributed by atoms with E-state index in [0.29, 0.717) is 17.0 Å². The third kappa shape index (κ3) is 1.10. The number of carbonyl (C=O) groups is 2. The number of fused-ring (bicyclic) bond motifs is 1. The van der Waals surface area contributed by atoms with Crippen molar-refractivity contribution in [1.29, 1.82) is 0 Å². The summed E-state index contributed by atoms with van der Waals surface area (Å²) in [5.74, 6) is -0.454. The van der Waals surface area contributed by atoms with Gasteiger partial charge in [0.25, 0.3) is 11.7 Å². The Balaban J connectivity index is 2.24. The van der Waals surface area contributed by atoms with Crippen LogP contribution in [0.1, 0.15) is 10.4 Å². The van der Waals surface area contributed by atoms with Gasteiger partial charge < -0.3 is 9.73 Å². The summed E-state index contributed by atoms with van der Waals surface area (Å²) < 4.78 is 5.25. The monoisotopic (exact) mass is 213 g/mol. The van der Waals surface area contributed by atoms with Crippen LogP contribution in [-0.4, -0.2) is 11.7 Å². The number of hydrogen-bond donors (Lipinski definition) is 1. The first-order chi connectivity index (χ1) is 7.77. The van der Waals surface area contributed by atoms with E-state index in [2.05, 4.69) is 5.32 Å². The lowest BCUT2D eigenvalue weighted by atomic mass is 10.1. The van der Waals surface area contributed by atoms with Crippen LogP contribution < -0.4 is 5.32 Å². The molecule has 0 aliphatic carbocycles. The quantitative estimate of drug-likeness (QED) is 0.738. The maximum Gasteiger partial charge on any atom is 0.296 e. The molecule has 2 aromatic rings. The van der Waals surface area contributed by atoms with Crippen molar-refractivity contribution in [1.82, 2.24) is 0 Å². The normalized spacial score (nSPS) is 13.8. The number of hydrogen-bond acceptors (Lipinski definition) is 3. The van der Waals surface area contributed by atoms with Crippen molar-refractivity contribution < 1.29 is 14.0 Å².